The molecule has 1 amide bonds. The molecule has 0 aliphatic heterocycles. The molecule has 0 aromatic carbocycles. The van der Waals surface area contributed by atoms with Crippen LogP contribution in [0.5, 0.6) is 0 Å². The van der Waals surface area contributed by atoms with Crippen molar-refractivity contribution in [3.63, 3.8) is 0 Å². The summed E-state index contributed by atoms with van der Waals surface area (Å²) >= 11 is 0. The Balaban J connectivity index is 3.37. The van der Waals surface area contributed by atoms with Gasteiger partial charge in [0, 0.05) is 12.5 Å². The first kappa shape index (κ1) is 9.39. The van der Waals surface area contributed by atoms with E-state index in [2.05, 4.69) is 0 Å². The maximum atomic E-state index is 10.6. The molecule has 10 heavy (non-hydrogen) atoms. The van der Waals surface area contributed by atoms with E-state index >= 15 is 0 Å². The normalized spacial score (nSPS) is 12.7. The number of nitrogens with two attached hydrogens (primary N) is 2. The summed E-state index contributed by atoms with van der Waals surface area (Å²) in [6, 6.07) is -0.0476. The van der Waals surface area contributed by atoms with E-state index < -0.39 is 0 Å². The maximum Gasteiger partial charge on any atom is 0.235 e. The predicted octanol–water partition coefficient (Wildman–Crippen LogP) is -0.506. The zero-order valence-electron chi connectivity index (χ0n) is 6.26. The highest BCUT2D eigenvalue weighted by molar-refractivity contribution is 5.75. The molecule has 0 aromatic heterocycles. The Kier molecular flexibility index (Phi) is 4.88. The third kappa shape index (κ3) is 4.29. The fourth-order valence-electron chi connectivity index (χ4n) is 0.770. The van der Waals surface area contributed by atoms with Crippen molar-refractivity contribution in [1.29, 1.82) is 0 Å². The third-order valence-electron chi connectivity index (χ3n) is 1.27. The first-order chi connectivity index (χ1) is 4.70. The van der Waals surface area contributed by atoms with Crippen LogP contribution in [0, 0.1) is 0 Å². The molecule has 0 saturated carbocycles. The number of carbonyl (C=O) groups excluding carboxylic acids is 1. The zero-order chi connectivity index (χ0) is 7.98. The second-order valence-electron chi connectivity index (χ2n) is 2.32. The lowest BCUT2D eigenvalue weighted by Gasteiger charge is -2.07. The molecule has 60 valence electrons. The van der Waals surface area contributed by atoms with Gasteiger partial charge in [-0.1, -0.05) is 13.3 Å². The van der Waals surface area contributed by atoms with Crippen molar-refractivity contribution >= 4 is 5.91 Å². The van der Waals surface area contributed by atoms with Gasteiger partial charge in [0.25, 0.3) is 0 Å². The Morgan fingerprint density at radius 3 is 2.70 bits per heavy atom. The maximum absolute atomic E-state index is 10.6. The van der Waals surface area contributed by atoms with Crippen LogP contribution in [0.25, 0.3) is 0 Å². The molecular formula is C6H15N3O. The summed E-state index contributed by atoms with van der Waals surface area (Å²) in [6.07, 6.45) is 2.19. The lowest BCUT2D eigenvalue weighted by molar-refractivity contribution is -0.121. The summed E-state index contributed by atoms with van der Waals surface area (Å²) < 4.78 is 0. The second-order valence-corrected chi connectivity index (χ2v) is 2.32. The molecular weight excluding hydrogens is 130 g/mol. The molecule has 0 rings (SSSR count). The number of amides is 1. The van der Waals surface area contributed by atoms with Gasteiger partial charge >= 0.3 is 0 Å². The Bertz CT molecular complexity index is 105. The first-order valence-corrected chi connectivity index (χ1v) is 3.45. The summed E-state index contributed by atoms with van der Waals surface area (Å²) in [5.74, 6) is 4.67. The molecule has 0 aliphatic carbocycles. The van der Waals surface area contributed by atoms with Gasteiger partial charge in [0.05, 0.1) is 0 Å². The average Bonchev–Trinajstić information content (AvgIpc) is 1.88. The van der Waals surface area contributed by atoms with E-state index in [1.807, 2.05) is 12.3 Å². The Morgan fingerprint density at radius 2 is 2.30 bits per heavy atom. The van der Waals surface area contributed by atoms with Gasteiger partial charge in [-0.05, 0) is 6.42 Å². The summed E-state index contributed by atoms with van der Waals surface area (Å²) in [5, 5.41) is 0. The van der Waals surface area contributed by atoms with Gasteiger partial charge in [-0.2, -0.15) is 0 Å². The van der Waals surface area contributed by atoms with Crippen LogP contribution in [-0.2, 0) is 4.79 Å². The first-order valence-electron chi connectivity index (χ1n) is 3.45. The Hall–Kier alpha value is -0.610. The van der Waals surface area contributed by atoms with Crippen LogP contribution in [0.2, 0.25) is 0 Å². The van der Waals surface area contributed by atoms with E-state index in [0.29, 0.717) is 6.42 Å². The van der Waals surface area contributed by atoms with Crippen LogP contribution >= 0.6 is 0 Å². The van der Waals surface area contributed by atoms with Crippen molar-refractivity contribution in [3.8, 4) is 0 Å². The van der Waals surface area contributed by atoms with Crippen molar-refractivity contribution in [2.75, 3.05) is 0 Å². The molecule has 0 spiro atoms. The number of nitrogens with one attached hydrogen (secondary N) is 1. The molecule has 0 aromatic rings. The lowest BCUT2D eigenvalue weighted by Crippen LogP contribution is -2.35. The van der Waals surface area contributed by atoms with E-state index in [-0.39, 0.29) is 11.9 Å². The molecule has 1 unspecified atom stereocenters. The highest BCUT2D eigenvalue weighted by Gasteiger charge is 2.05. The predicted molar refractivity (Wildman–Crippen MR) is 39.8 cm³/mol. The zero-order valence-corrected chi connectivity index (χ0v) is 6.26. The van der Waals surface area contributed by atoms with Gasteiger partial charge in [0.15, 0.2) is 0 Å². The number of rotatable bonds is 4. The standard InChI is InChI=1S/C6H15N3O/c1-2-3-5(7)4-6(10)9-8/h5H,2-4,7-8H2,1H3,(H,9,10). The molecule has 0 radical (unpaired) electrons. The van der Waals surface area contributed by atoms with E-state index in [0.717, 1.165) is 12.8 Å². The summed E-state index contributed by atoms with van der Waals surface area (Å²) in [7, 11) is 0. The monoisotopic (exact) mass is 145 g/mol. The molecule has 0 bridgehead atoms. The number of carbonyl (C=O) groups is 1. The van der Waals surface area contributed by atoms with Crippen LogP contribution in [0.4, 0.5) is 0 Å². The van der Waals surface area contributed by atoms with E-state index in [1.54, 1.807) is 0 Å². The fraction of sp³-hybridized carbons (Fsp3) is 0.833. The van der Waals surface area contributed by atoms with Crippen LogP contribution in [0.3, 0.4) is 0 Å². The number of hydrogen-bond acceptors (Lipinski definition) is 3. The highest BCUT2D eigenvalue weighted by atomic mass is 16.2. The molecule has 0 heterocycles. The smallest absolute Gasteiger partial charge is 0.235 e. The van der Waals surface area contributed by atoms with E-state index in [9.17, 15) is 4.79 Å². The van der Waals surface area contributed by atoms with Crippen LogP contribution in [0.1, 0.15) is 26.2 Å². The SMILES string of the molecule is CCCC(N)CC(=O)NN. The van der Waals surface area contributed by atoms with E-state index in [1.165, 1.54) is 0 Å². The van der Waals surface area contributed by atoms with Crippen LogP contribution in [0.15, 0.2) is 0 Å². The van der Waals surface area contributed by atoms with Crippen molar-refractivity contribution in [2.24, 2.45) is 11.6 Å². The number of hydrazine groups is 1. The Labute approximate surface area is 60.9 Å². The van der Waals surface area contributed by atoms with Crippen LogP contribution < -0.4 is 17.0 Å². The quantitative estimate of drug-likeness (QED) is 0.283. The highest BCUT2D eigenvalue weighted by Crippen LogP contribution is 1.96. The minimum absolute atomic E-state index is 0.0476. The third-order valence-corrected chi connectivity index (χ3v) is 1.27. The van der Waals surface area contributed by atoms with Gasteiger partial charge in [0.2, 0.25) is 5.91 Å². The lowest BCUT2D eigenvalue weighted by atomic mass is 10.1. The second kappa shape index (κ2) is 5.20. The molecule has 4 nitrogen and oxygen atoms in total. The molecule has 4 heteroatoms. The van der Waals surface area contributed by atoms with Crippen molar-refractivity contribution in [2.45, 2.75) is 32.2 Å². The van der Waals surface area contributed by atoms with E-state index in [4.69, 9.17) is 11.6 Å². The van der Waals surface area contributed by atoms with Crippen LogP contribution in [-0.4, -0.2) is 11.9 Å². The van der Waals surface area contributed by atoms with Gasteiger partial charge in [-0.3, -0.25) is 10.2 Å². The molecule has 0 fully saturated rings. The van der Waals surface area contributed by atoms with Gasteiger partial charge in [-0.25, -0.2) is 5.84 Å². The van der Waals surface area contributed by atoms with Crippen molar-refractivity contribution < 1.29 is 4.79 Å². The minimum Gasteiger partial charge on any atom is -0.327 e. The summed E-state index contributed by atoms with van der Waals surface area (Å²) in [5.41, 5.74) is 7.58. The molecule has 1 atom stereocenters. The topological polar surface area (TPSA) is 81.1 Å². The fourth-order valence-corrected chi connectivity index (χ4v) is 0.770. The van der Waals surface area contributed by atoms with Crippen molar-refractivity contribution in [1.82, 2.24) is 5.43 Å². The van der Waals surface area contributed by atoms with Gasteiger partial charge < -0.3 is 5.73 Å². The summed E-state index contributed by atoms with van der Waals surface area (Å²) in [6.45, 7) is 2.03. The average molecular weight is 145 g/mol. The largest absolute Gasteiger partial charge is 0.327 e. The van der Waals surface area contributed by atoms with Crippen molar-refractivity contribution in [3.05, 3.63) is 0 Å². The Morgan fingerprint density at radius 1 is 1.70 bits per heavy atom. The minimum atomic E-state index is -0.194. The molecule has 0 saturated heterocycles. The molecule has 5 N–H and O–H groups in total. The molecule has 0 aliphatic rings. The van der Waals surface area contributed by atoms with Gasteiger partial charge in [-0.15, -0.1) is 0 Å². The number of hydrogen-bond donors (Lipinski definition) is 3. The summed E-state index contributed by atoms with van der Waals surface area (Å²) in [4.78, 5) is 10.6. The van der Waals surface area contributed by atoms with Gasteiger partial charge in [0.1, 0.15) is 0 Å².